The van der Waals surface area contributed by atoms with Crippen LogP contribution in [-0.4, -0.2) is 24.4 Å². The summed E-state index contributed by atoms with van der Waals surface area (Å²) in [6.45, 7) is 0. The molecule has 1 nitrogen and oxygen atoms in total. The zero-order valence-electron chi connectivity index (χ0n) is 11.7. The Labute approximate surface area is 120 Å². The van der Waals surface area contributed by atoms with Crippen LogP contribution in [0, 0.1) is 11.8 Å². The van der Waals surface area contributed by atoms with E-state index in [-0.39, 0.29) is 37.8 Å². The molecule has 2 rings (SSSR count). The molecule has 2 atom stereocenters. The van der Waals surface area contributed by atoms with Gasteiger partial charge in [-0.3, -0.25) is 0 Å². The van der Waals surface area contributed by atoms with Crippen molar-refractivity contribution in [2.75, 3.05) is 0 Å². The number of halogens is 6. The fraction of sp³-hybridized carbons (Fsp3) is 1.00. The molecule has 0 bridgehead atoms. The minimum atomic E-state index is -4.16. The smallest absolute Gasteiger partial charge is 0.311 e. The van der Waals surface area contributed by atoms with Crippen molar-refractivity contribution in [3.63, 3.8) is 0 Å². The van der Waals surface area contributed by atoms with Crippen LogP contribution in [0.1, 0.15) is 51.4 Å². The first-order valence-electron chi connectivity index (χ1n) is 7.55. The lowest BCUT2D eigenvalue weighted by atomic mass is 9.82. The van der Waals surface area contributed by atoms with Gasteiger partial charge >= 0.3 is 12.4 Å². The third-order valence-electron chi connectivity index (χ3n) is 4.80. The average molecular weight is 317 g/mol. The summed E-state index contributed by atoms with van der Waals surface area (Å²) in [5.74, 6) is -2.51. The predicted octanol–water partition coefficient (Wildman–Crippen LogP) is 4.82. The van der Waals surface area contributed by atoms with Crippen molar-refractivity contribution in [2.24, 2.45) is 11.8 Å². The molecule has 2 fully saturated rings. The summed E-state index contributed by atoms with van der Waals surface area (Å²) in [5, 5.41) is 3.16. The van der Waals surface area contributed by atoms with Crippen LogP contribution in [0.25, 0.3) is 0 Å². The van der Waals surface area contributed by atoms with Crippen molar-refractivity contribution in [2.45, 2.75) is 75.8 Å². The summed E-state index contributed by atoms with van der Waals surface area (Å²) in [7, 11) is 0. The molecular formula is C14H21F6N. The highest BCUT2D eigenvalue weighted by molar-refractivity contribution is 4.87. The zero-order chi connectivity index (χ0) is 15.7. The molecule has 2 aliphatic carbocycles. The molecular weight excluding hydrogens is 296 g/mol. The van der Waals surface area contributed by atoms with E-state index < -0.39 is 24.2 Å². The third-order valence-corrected chi connectivity index (χ3v) is 4.80. The second-order valence-corrected chi connectivity index (χ2v) is 6.36. The van der Waals surface area contributed by atoms with Crippen LogP contribution in [0.4, 0.5) is 26.3 Å². The Morgan fingerprint density at radius 2 is 1.19 bits per heavy atom. The topological polar surface area (TPSA) is 12.0 Å². The van der Waals surface area contributed by atoms with Crippen LogP contribution in [-0.2, 0) is 0 Å². The van der Waals surface area contributed by atoms with Crippen LogP contribution in [0.3, 0.4) is 0 Å². The number of alkyl halides is 6. The zero-order valence-corrected chi connectivity index (χ0v) is 11.7. The van der Waals surface area contributed by atoms with Gasteiger partial charge in [-0.1, -0.05) is 6.42 Å². The highest BCUT2D eigenvalue weighted by Gasteiger charge is 2.44. The molecule has 0 amide bonds. The van der Waals surface area contributed by atoms with Crippen LogP contribution in [0.2, 0.25) is 0 Å². The van der Waals surface area contributed by atoms with Gasteiger partial charge in [0, 0.05) is 12.1 Å². The Balaban J connectivity index is 1.78. The molecule has 0 aromatic rings. The van der Waals surface area contributed by atoms with E-state index in [1.807, 2.05) is 0 Å². The van der Waals surface area contributed by atoms with Crippen molar-refractivity contribution < 1.29 is 26.3 Å². The van der Waals surface area contributed by atoms with Gasteiger partial charge in [0.15, 0.2) is 0 Å². The van der Waals surface area contributed by atoms with E-state index >= 15 is 0 Å². The summed E-state index contributed by atoms with van der Waals surface area (Å²) in [5.41, 5.74) is 0. The highest BCUT2D eigenvalue weighted by atomic mass is 19.4. The number of hydrogen-bond acceptors (Lipinski definition) is 1. The van der Waals surface area contributed by atoms with Gasteiger partial charge in [0.25, 0.3) is 0 Å². The van der Waals surface area contributed by atoms with Gasteiger partial charge in [-0.2, -0.15) is 26.3 Å². The fourth-order valence-corrected chi connectivity index (χ4v) is 3.56. The van der Waals surface area contributed by atoms with Crippen molar-refractivity contribution in [1.82, 2.24) is 5.32 Å². The lowest BCUT2D eigenvalue weighted by Gasteiger charge is -2.36. The van der Waals surface area contributed by atoms with E-state index in [9.17, 15) is 26.3 Å². The van der Waals surface area contributed by atoms with Crippen LogP contribution in [0.5, 0.6) is 0 Å². The Kier molecular flexibility index (Phi) is 5.11. The summed E-state index contributed by atoms with van der Waals surface area (Å²) < 4.78 is 75.9. The van der Waals surface area contributed by atoms with Crippen molar-refractivity contribution in [3.05, 3.63) is 0 Å². The molecule has 2 unspecified atom stereocenters. The van der Waals surface area contributed by atoms with Gasteiger partial charge in [-0.05, 0) is 44.9 Å². The lowest BCUT2D eigenvalue weighted by molar-refractivity contribution is -0.186. The molecule has 0 heterocycles. The number of rotatable bonds is 2. The Bertz CT molecular complexity index is 329. The van der Waals surface area contributed by atoms with Crippen LogP contribution < -0.4 is 5.32 Å². The third kappa shape index (κ3) is 4.76. The molecule has 0 aliphatic heterocycles. The van der Waals surface area contributed by atoms with Crippen molar-refractivity contribution in [3.8, 4) is 0 Å². The maximum Gasteiger partial charge on any atom is 0.391 e. The summed E-state index contributed by atoms with van der Waals surface area (Å²) in [4.78, 5) is 0. The number of nitrogens with one attached hydrogen (secondary N) is 1. The van der Waals surface area contributed by atoms with Gasteiger partial charge < -0.3 is 5.32 Å². The van der Waals surface area contributed by atoms with Gasteiger partial charge in [-0.15, -0.1) is 0 Å². The molecule has 1 N–H and O–H groups in total. The monoisotopic (exact) mass is 317 g/mol. The fourth-order valence-electron chi connectivity index (χ4n) is 3.56. The lowest BCUT2D eigenvalue weighted by Crippen LogP contribution is -2.45. The van der Waals surface area contributed by atoms with E-state index in [2.05, 4.69) is 5.32 Å². The normalized spacial score (nSPS) is 35.7. The SMILES string of the molecule is FC(F)(F)C1CCC(NC2CCCC(C(F)(F)F)C2)CC1. The molecule has 2 saturated carbocycles. The molecule has 0 aromatic heterocycles. The van der Waals surface area contributed by atoms with Gasteiger partial charge in [0.1, 0.15) is 0 Å². The standard InChI is InChI=1S/C14H21F6N/c15-13(16,17)9-4-6-11(7-5-9)21-12-3-1-2-10(8-12)14(18,19)20/h9-12,21H,1-8H2. The first-order valence-corrected chi connectivity index (χ1v) is 7.55. The van der Waals surface area contributed by atoms with E-state index in [1.54, 1.807) is 0 Å². The number of hydrogen-bond donors (Lipinski definition) is 1. The van der Waals surface area contributed by atoms with E-state index in [1.165, 1.54) is 0 Å². The summed E-state index contributed by atoms with van der Waals surface area (Å²) in [6, 6.07) is -0.279. The van der Waals surface area contributed by atoms with Gasteiger partial charge in [-0.25, -0.2) is 0 Å². The minimum Gasteiger partial charge on any atom is -0.311 e. The van der Waals surface area contributed by atoms with E-state index in [0.29, 0.717) is 25.7 Å². The second-order valence-electron chi connectivity index (χ2n) is 6.36. The largest absolute Gasteiger partial charge is 0.391 e. The van der Waals surface area contributed by atoms with Crippen molar-refractivity contribution in [1.29, 1.82) is 0 Å². The predicted molar refractivity (Wildman–Crippen MR) is 66.7 cm³/mol. The Morgan fingerprint density at radius 1 is 0.619 bits per heavy atom. The van der Waals surface area contributed by atoms with Gasteiger partial charge in [0.2, 0.25) is 0 Å². The molecule has 0 saturated heterocycles. The molecule has 0 radical (unpaired) electrons. The van der Waals surface area contributed by atoms with E-state index in [4.69, 9.17) is 0 Å². The van der Waals surface area contributed by atoms with Gasteiger partial charge in [0.05, 0.1) is 11.8 Å². The average Bonchev–Trinajstić information content (AvgIpc) is 2.37. The van der Waals surface area contributed by atoms with Crippen LogP contribution >= 0.6 is 0 Å². The molecule has 0 spiro atoms. The van der Waals surface area contributed by atoms with E-state index in [0.717, 1.165) is 0 Å². The minimum absolute atomic E-state index is 0.0582. The Hall–Kier alpha value is -0.460. The molecule has 124 valence electrons. The molecule has 7 heteroatoms. The second kappa shape index (κ2) is 6.34. The molecule has 21 heavy (non-hydrogen) atoms. The first kappa shape index (κ1) is 16.9. The summed E-state index contributed by atoms with van der Waals surface area (Å²) >= 11 is 0. The van der Waals surface area contributed by atoms with Crippen LogP contribution in [0.15, 0.2) is 0 Å². The molecule has 2 aliphatic rings. The highest BCUT2D eigenvalue weighted by Crippen LogP contribution is 2.40. The molecule has 0 aromatic carbocycles. The maximum absolute atomic E-state index is 12.7. The Morgan fingerprint density at radius 3 is 1.71 bits per heavy atom. The quantitative estimate of drug-likeness (QED) is 0.720. The first-order chi connectivity index (χ1) is 9.66. The summed E-state index contributed by atoms with van der Waals surface area (Å²) in [6.07, 6.45) is -5.90. The van der Waals surface area contributed by atoms with Crippen molar-refractivity contribution >= 4 is 0 Å². The maximum atomic E-state index is 12.7.